The third-order valence-corrected chi connectivity index (χ3v) is 18.0. The zero-order chi connectivity index (χ0) is 51.9. The molecule has 0 radical (unpaired) electrons. The van der Waals surface area contributed by atoms with E-state index in [0.29, 0.717) is 0 Å². The van der Waals surface area contributed by atoms with Crippen molar-refractivity contribution < 1.29 is 0 Å². The molecule has 0 aliphatic heterocycles. The second-order valence-electron chi connectivity index (χ2n) is 25.5. The maximum atomic E-state index is 15.3. The molecule has 0 N–H and O–H groups in total. The normalized spacial score (nSPS) is 13.3. The van der Waals surface area contributed by atoms with Crippen molar-refractivity contribution in [3.05, 3.63) is 185 Å². The Morgan fingerprint density at radius 2 is 0.595 bits per heavy atom. The fraction of sp³-hybridized carbons (Fsp3) is 0.225. The molecule has 11 aromatic rings. The Morgan fingerprint density at radius 3 is 0.932 bits per heavy atom. The monoisotopic (exact) mass is 1180 g/mol. The largest absolute Gasteiger partial charge is 0.289 e. The van der Waals surface area contributed by atoms with E-state index in [1.807, 2.05) is 0 Å². The van der Waals surface area contributed by atoms with Crippen LogP contribution in [-0.4, -0.2) is 0 Å². The molecule has 74 heavy (non-hydrogen) atoms. The summed E-state index contributed by atoms with van der Waals surface area (Å²) in [5, 5.41) is 17.8. The van der Waals surface area contributed by atoms with Gasteiger partial charge in [0, 0.05) is 29.4 Å². The third-order valence-electron chi connectivity index (χ3n) is 16.6. The number of benzene rings is 9. The van der Waals surface area contributed by atoms with Crippen LogP contribution in [0.3, 0.4) is 0 Å². The first-order valence-electron chi connectivity index (χ1n) is 26.2. The maximum absolute atomic E-state index is 15.3. The molecule has 364 valence electrons. The molecule has 0 saturated carbocycles. The van der Waals surface area contributed by atoms with E-state index in [0.717, 1.165) is 51.3 Å². The van der Waals surface area contributed by atoms with Gasteiger partial charge in [-0.05, 0) is 222 Å². The Bertz CT molecular complexity index is 4110. The van der Waals surface area contributed by atoms with Gasteiger partial charge in [-0.2, -0.15) is 0 Å². The summed E-state index contributed by atoms with van der Waals surface area (Å²) in [5.41, 5.74) is 15.9. The van der Waals surface area contributed by atoms with Crippen LogP contribution in [0, 0.1) is 7.14 Å². The minimum absolute atomic E-state index is 0.0896. The fourth-order valence-corrected chi connectivity index (χ4v) is 13.4. The number of hydrogen-bond acceptors (Lipinski definition) is 1. The summed E-state index contributed by atoms with van der Waals surface area (Å²) >= 11 is 4.74. The van der Waals surface area contributed by atoms with Crippen LogP contribution in [0.4, 0.5) is 0 Å². The highest BCUT2D eigenvalue weighted by atomic mass is 127. The van der Waals surface area contributed by atoms with E-state index in [1.54, 1.807) is 0 Å². The molecule has 0 spiro atoms. The van der Waals surface area contributed by atoms with Crippen molar-refractivity contribution in [1.82, 2.24) is 0 Å². The van der Waals surface area contributed by atoms with Crippen LogP contribution in [0.2, 0.25) is 0 Å². The molecule has 0 unspecified atom stereocenters. The average Bonchev–Trinajstić information content (AvgIpc) is 4.05. The first kappa shape index (κ1) is 47.8. The second kappa shape index (κ2) is 16.1. The third kappa shape index (κ3) is 7.00. The molecule has 2 aliphatic carbocycles. The molecule has 0 saturated heterocycles. The predicted octanol–water partition coefficient (Wildman–Crippen LogP) is 21.0. The standard InChI is InChI=1S/C71H60I2O/c1-68(2,3)42-31-40(32-43(35-42)69(4,5)6)55-61-48-17-13-15-37-16-14-18-49(54(37)48)62(61)56(41-33-44(70(7,8)9)36-45(34-41)71(10,11)12)64-51-28-30-53-60-52(29-27-50(59(51)60)63(55)64)65-57(38-19-23-46(72)24-20-38)67(74)58(66(53)65)39-21-25-47(73)26-22-39/h13-36H,1-12H3. The lowest BCUT2D eigenvalue weighted by molar-refractivity contribution is 0.568. The fourth-order valence-electron chi connectivity index (χ4n) is 12.7. The summed E-state index contributed by atoms with van der Waals surface area (Å²) in [6.07, 6.45) is 0. The lowest BCUT2D eigenvalue weighted by atomic mass is 9.76. The molecule has 0 heterocycles. The molecule has 3 heteroatoms. The summed E-state index contributed by atoms with van der Waals surface area (Å²) in [6.45, 7) is 28.3. The molecule has 13 rings (SSSR count). The Labute approximate surface area is 462 Å². The maximum Gasteiger partial charge on any atom is 0.195 e. The zero-order valence-corrected chi connectivity index (χ0v) is 48.8. The molecule has 0 amide bonds. The van der Waals surface area contributed by atoms with Crippen LogP contribution in [0.25, 0.3) is 131 Å². The average molecular weight is 1180 g/mol. The quantitative estimate of drug-likeness (QED) is 0.161. The van der Waals surface area contributed by atoms with E-state index in [1.165, 1.54) is 109 Å². The summed E-state index contributed by atoms with van der Waals surface area (Å²) in [6, 6.07) is 55.6. The van der Waals surface area contributed by atoms with E-state index in [-0.39, 0.29) is 27.1 Å². The SMILES string of the molecule is CC(C)(C)c1cc(-c2c3c4cccc5cccc(c3c(-c3cc(C(C)(C)C)cc(C(C)(C)C)c3)c3c6ccc7c8c(-c9ccc(I)cc9)c(=O)c(-c9ccc(I)cc9)c-8c8ccc(c23)c6c87)c54)cc(C(C)(C)C)c1. The molecule has 1 nitrogen and oxygen atoms in total. The van der Waals surface area contributed by atoms with E-state index in [2.05, 4.69) is 274 Å². The van der Waals surface area contributed by atoms with Crippen LogP contribution in [0.15, 0.2) is 150 Å². The lowest BCUT2D eigenvalue weighted by Crippen LogP contribution is -2.16. The molecule has 0 aromatic heterocycles. The van der Waals surface area contributed by atoms with Gasteiger partial charge < -0.3 is 0 Å². The Balaban J connectivity index is 1.32. The summed E-state index contributed by atoms with van der Waals surface area (Å²) < 4.78 is 2.29. The first-order chi connectivity index (χ1) is 35.0. The summed E-state index contributed by atoms with van der Waals surface area (Å²) in [7, 11) is 0. The van der Waals surface area contributed by atoms with Gasteiger partial charge in [-0.3, -0.25) is 4.79 Å². The number of hydrogen-bond donors (Lipinski definition) is 0. The second-order valence-corrected chi connectivity index (χ2v) is 28.0. The van der Waals surface area contributed by atoms with Gasteiger partial charge in [0.05, 0.1) is 0 Å². The lowest BCUT2D eigenvalue weighted by Gasteiger charge is -2.28. The highest BCUT2D eigenvalue weighted by Crippen LogP contribution is 2.60. The van der Waals surface area contributed by atoms with Gasteiger partial charge in [-0.15, -0.1) is 0 Å². The number of halogens is 2. The van der Waals surface area contributed by atoms with Gasteiger partial charge >= 0.3 is 0 Å². The smallest absolute Gasteiger partial charge is 0.195 e. The van der Waals surface area contributed by atoms with Crippen molar-refractivity contribution in [2.24, 2.45) is 0 Å². The summed E-state index contributed by atoms with van der Waals surface area (Å²) in [4.78, 5) is 15.3. The van der Waals surface area contributed by atoms with Crippen molar-refractivity contribution in [2.75, 3.05) is 0 Å². The highest BCUT2D eigenvalue weighted by molar-refractivity contribution is 14.1. The Morgan fingerprint density at radius 1 is 0.284 bits per heavy atom. The van der Waals surface area contributed by atoms with Gasteiger partial charge in [-0.25, -0.2) is 0 Å². The van der Waals surface area contributed by atoms with Gasteiger partial charge in [0.15, 0.2) is 5.43 Å². The summed E-state index contributed by atoms with van der Waals surface area (Å²) in [5.74, 6) is 0. The van der Waals surface area contributed by atoms with E-state index < -0.39 is 0 Å². The topological polar surface area (TPSA) is 17.1 Å². The van der Waals surface area contributed by atoms with Gasteiger partial charge in [-0.1, -0.05) is 204 Å². The minimum Gasteiger partial charge on any atom is -0.289 e. The minimum atomic E-state index is -0.0896. The van der Waals surface area contributed by atoms with Crippen molar-refractivity contribution in [1.29, 1.82) is 0 Å². The number of rotatable bonds is 4. The van der Waals surface area contributed by atoms with Crippen LogP contribution in [0.5, 0.6) is 0 Å². The van der Waals surface area contributed by atoms with Crippen LogP contribution in [-0.2, 0) is 21.7 Å². The van der Waals surface area contributed by atoms with Gasteiger partial charge in [0.2, 0.25) is 0 Å². The molecule has 0 fully saturated rings. The molecular weight excluding hydrogens is 1120 g/mol. The van der Waals surface area contributed by atoms with Gasteiger partial charge in [0.1, 0.15) is 0 Å². The highest BCUT2D eigenvalue weighted by Gasteiger charge is 2.35. The molecule has 0 atom stereocenters. The van der Waals surface area contributed by atoms with Crippen molar-refractivity contribution >= 4 is 121 Å². The van der Waals surface area contributed by atoms with E-state index >= 15 is 4.79 Å². The van der Waals surface area contributed by atoms with Crippen LogP contribution < -0.4 is 5.43 Å². The number of fused-ring (bicyclic) bond motifs is 9. The van der Waals surface area contributed by atoms with Crippen molar-refractivity contribution in [3.8, 4) is 55.6 Å². The van der Waals surface area contributed by atoms with Crippen LogP contribution in [0.1, 0.15) is 105 Å². The first-order valence-corrected chi connectivity index (χ1v) is 28.4. The molecule has 2 aliphatic rings. The van der Waals surface area contributed by atoms with Crippen LogP contribution >= 0.6 is 45.2 Å². The van der Waals surface area contributed by atoms with E-state index in [4.69, 9.17) is 0 Å². The zero-order valence-electron chi connectivity index (χ0n) is 44.5. The molecule has 11 aromatic carbocycles. The Hall–Kier alpha value is -5.89. The van der Waals surface area contributed by atoms with Gasteiger partial charge in [0.25, 0.3) is 0 Å². The molecule has 0 bridgehead atoms. The van der Waals surface area contributed by atoms with E-state index in [9.17, 15) is 0 Å². The van der Waals surface area contributed by atoms with Crippen molar-refractivity contribution in [3.63, 3.8) is 0 Å². The predicted molar refractivity (Wildman–Crippen MR) is 339 cm³/mol. The Kier molecular flexibility index (Phi) is 10.4. The van der Waals surface area contributed by atoms with Crippen molar-refractivity contribution in [2.45, 2.75) is 105 Å². The molecular formula is C71H60I2O.